The van der Waals surface area contributed by atoms with Crippen molar-refractivity contribution in [3.63, 3.8) is 0 Å². The number of carbonyl (C=O) groups excluding carboxylic acids is 1. The second-order valence-corrected chi connectivity index (χ2v) is 6.89. The second-order valence-electron chi connectivity index (χ2n) is 5.32. The van der Waals surface area contributed by atoms with Crippen molar-refractivity contribution in [3.05, 3.63) is 65.8 Å². The number of carbonyl (C=O) groups is 1. The van der Waals surface area contributed by atoms with Crippen molar-refractivity contribution in [2.75, 3.05) is 6.54 Å². The van der Waals surface area contributed by atoms with Crippen LogP contribution in [0.1, 0.15) is 11.3 Å². The first-order valence-electron chi connectivity index (χ1n) is 7.66. The number of hydrogen-bond donors (Lipinski definition) is 3. The summed E-state index contributed by atoms with van der Waals surface area (Å²) in [4.78, 5) is 12.0. The topological polar surface area (TPSA) is 138 Å². The molecule has 1 aromatic carbocycles. The molecule has 136 valence electrons. The first-order chi connectivity index (χ1) is 12.4. The van der Waals surface area contributed by atoms with Crippen LogP contribution in [0.25, 0.3) is 0 Å². The van der Waals surface area contributed by atoms with Gasteiger partial charge in [-0.1, -0.05) is 12.1 Å². The molecule has 1 aromatic heterocycles. The first-order valence-corrected chi connectivity index (χ1v) is 9.21. The molecule has 0 aliphatic rings. The van der Waals surface area contributed by atoms with Crippen LogP contribution in [0.3, 0.4) is 0 Å². The number of nitrogens with one attached hydrogen (secondary N) is 2. The lowest BCUT2D eigenvalue weighted by Gasteiger charge is -2.05. The lowest BCUT2D eigenvalue weighted by Crippen LogP contribution is -2.25. The van der Waals surface area contributed by atoms with E-state index in [1.54, 1.807) is 24.3 Å². The maximum absolute atomic E-state index is 11.9. The number of nitrogens with zero attached hydrogens (tertiary/aromatic N) is 1. The molecular weight excluding hydrogens is 356 g/mol. The van der Waals surface area contributed by atoms with E-state index in [0.717, 1.165) is 5.56 Å². The third kappa shape index (κ3) is 5.77. The van der Waals surface area contributed by atoms with E-state index in [0.29, 0.717) is 18.7 Å². The van der Waals surface area contributed by atoms with Crippen molar-refractivity contribution in [2.45, 2.75) is 17.9 Å². The molecule has 0 spiro atoms. The Balaban J connectivity index is 1.82. The summed E-state index contributed by atoms with van der Waals surface area (Å²) in [6.07, 6.45) is 3.42. The molecule has 26 heavy (non-hydrogen) atoms. The Hall–Kier alpha value is -3.09. The number of rotatable bonds is 8. The zero-order chi connectivity index (χ0) is 19.0. The van der Waals surface area contributed by atoms with E-state index in [2.05, 4.69) is 10.6 Å². The largest absolute Gasteiger partial charge is 0.467 e. The van der Waals surface area contributed by atoms with Crippen LogP contribution in [0, 0.1) is 11.3 Å². The second kappa shape index (κ2) is 8.84. The summed E-state index contributed by atoms with van der Waals surface area (Å²) in [6, 6.07) is 11.4. The number of furan rings is 1. The van der Waals surface area contributed by atoms with E-state index in [4.69, 9.17) is 14.8 Å². The van der Waals surface area contributed by atoms with Crippen molar-refractivity contribution in [1.82, 2.24) is 10.6 Å². The fraction of sp³-hybridized carbons (Fsp3) is 0.176. The van der Waals surface area contributed by atoms with Gasteiger partial charge in [0.2, 0.25) is 10.0 Å². The molecule has 0 aliphatic carbocycles. The highest BCUT2D eigenvalue weighted by Crippen LogP contribution is 2.09. The van der Waals surface area contributed by atoms with Gasteiger partial charge in [0.15, 0.2) is 0 Å². The number of amides is 1. The molecule has 0 saturated carbocycles. The Bertz CT molecular complexity index is 911. The van der Waals surface area contributed by atoms with Gasteiger partial charge in [0.25, 0.3) is 5.91 Å². The van der Waals surface area contributed by atoms with Crippen molar-refractivity contribution in [1.29, 1.82) is 5.26 Å². The molecule has 0 aliphatic heterocycles. The minimum Gasteiger partial charge on any atom is -0.467 e. The van der Waals surface area contributed by atoms with Crippen LogP contribution < -0.4 is 15.8 Å². The van der Waals surface area contributed by atoms with Gasteiger partial charge in [-0.25, -0.2) is 13.6 Å². The van der Waals surface area contributed by atoms with Gasteiger partial charge in [-0.3, -0.25) is 4.79 Å². The molecule has 1 amide bonds. The number of nitriles is 1. The molecule has 1 heterocycles. The van der Waals surface area contributed by atoms with Crippen LogP contribution in [0.5, 0.6) is 0 Å². The van der Waals surface area contributed by atoms with Crippen LogP contribution in [0.4, 0.5) is 0 Å². The zero-order valence-electron chi connectivity index (χ0n) is 13.8. The fourth-order valence-corrected chi connectivity index (χ4v) is 2.58. The predicted octanol–water partition coefficient (Wildman–Crippen LogP) is 0.783. The molecule has 0 unspecified atom stereocenters. The lowest BCUT2D eigenvalue weighted by atomic mass is 10.1. The minimum absolute atomic E-state index is 0.0501. The molecule has 0 saturated heterocycles. The highest BCUT2D eigenvalue weighted by atomic mass is 32.2. The normalized spacial score (nSPS) is 11.6. The SMILES string of the molecule is N#C/C(=C/NCCc1ccc(S(N)(=O)=O)cc1)C(=O)NCc1ccco1. The molecular formula is C17H18N4O4S. The Morgan fingerprint density at radius 1 is 1.27 bits per heavy atom. The number of primary sulfonamides is 1. The van der Waals surface area contributed by atoms with Crippen LogP contribution in [0.2, 0.25) is 0 Å². The molecule has 0 bridgehead atoms. The third-order valence-corrected chi connectivity index (χ3v) is 4.35. The fourth-order valence-electron chi connectivity index (χ4n) is 2.06. The Kier molecular flexibility index (Phi) is 6.54. The van der Waals surface area contributed by atoms with Gasteiger partial charge in [-0.05, 0) is 36.2 Å². The van der Waals surface area contributed by atoms with E-state index in [1.165, 1.54) is 24.6 Å². The van der Waals surface area contributed by atoms with Crippen molar-refractivity contribution in [2.24, 2.45) is 5.14 Å². The van der Waals surface area contributed by atoms with Gasteiger partial charge in [-0.15, -0.1) is 0 Å². The van der Waals surface area contributed by atoms with Crippen LogP contribution in [-0.4, -0.2) is 20.9 Å². The quantitative estimate of drug-likeness (QED) is 0.355. The Morgan fingerprint density at radius 2 is 2.00 bits per heavy atom. The first kappa shape index (κ1) is 19.2. The number of sulfonamides is 1. The van der Waals surface area contributed by atoms with Crippen LogP contribution >= 0.6 is 0 Å². The van der Waals surface area contributed by atoms with E-state index in [1.807, 2.05) is 6.07 Å². The van der Waals surface area contributed by atoms with E-state index < -0.39 is 15.9 Å². The van der Waals surface area contributed by atoms with Crippen molar-refractivity contribution < 1.29 is 17.6 Å². The van der Waals surface area contributed by atoms with Crippen LogP contribution in [-0.2, 0) is 27.8 Å². The number of benzene rings is 1. The maximum atomic E-state index is 11.9. The zero-order valence-corrected chi connectivity index (χ0v) is 14.6. The summed E-state index contributed by atoms with van der Waals surface area (Å²) in [7, 11) is -3.70. The molecule has 0 radical (unpaired) electrons. The molecule has 4 N–H and O–H groups in total. The van der Waals surface area contributed by atoms with Gasteiger partial charge in [-0.2, -0.15) is 5.26 Å². The monoisotopic (exact) mass is 374 g/mol. The summed E-state index contributed by atoms with van der Waals surface area (Å²) in [5.74, 6) is 0.0837. The average molecular weight is 374 g/mol. The lowest BCUT2D eigenvalue weighted by molar-refractivity contribution is -0.117. The van der Waals surface area contributed by atoms with Gasteiger partial charge in [0.1, 0.15) is 17.4 Å². The third-order valence-electron chi connectivity index (χ3n) is 3.42. The van der Waals surface area contributed by atoms with E-state index in [-0.39, 0.29) is 17.0 Å². The van der Waals surface area contributed by atoms with E-state index in [9.17, 15) is 13.2 Å². The molecule has 2 aromatic rings. The molecule has 8 nitrogen and oxygen atoms in total. The maximum Gasteiger partial charge on any atom is 0.263 e. The number of hydrogen-bond acceptors (Lipinski definition) is 6. The highest BCUT2D eigenvalue weighted by Gasteiger charge is 2.09. The van der Waals surface area contributed by atoms with Crippen LogP contribution in [0.15, 0.2) is 63.7 Å². The highest BCUT2D eigenvalue weighted by molar-refractivity contribution is 7.89. The van der Waals surface area contributed by atoms with Gasteiger partial charge in [0, 0.05) is 12.7 Å². The smallest absolute Gasteiger partial charge is 0.263 e. The summed E-state index contributed by atoms with van der Waals surface area (Å²) in [5.41, 5.74) is 0.834. The van der Waals surface area contributed by atoms with Gasteiger partial charge < -0.3 is 15.1 Å². The number of nitrogens with two attached hydrogens (primary N) is 1. The van der Waals surface area contributed by atoms with Gasteiger partial charge in [0.05, 0.1) is 17.7 Å². The van der Waals surface area contributed by atoms with Crippen molar-refractivity contribution in [3.8, 4) is 6.07 Å². The average Bonchev–Trinajstić information content (AvgIpc) is 3.13. The molecule has 2 rings (SSSR count). The van der Waals surface area contributed by atoms with Crippen molar-refractivity contribution >= 4 is 15.9 Å². The summed E-state index contributed by atoms with van der Waals surface area (Å²) in [6.45, 7) is 0.659. The molecule has 9 heteroatoms. The van der Waals surface area contributed by atoms with E-state index >= 15 is 0 Å². The van der Waals surface area contributed by atoms with Gasteiger partial charge >= 0.3 is 0 Å². The Labute approximate surface area is 151 Å². The Morgan fingerprint density at radius 3 is 2.58 bits per heavy atom. The molecule has 0 atom stereocenters. The summed E-state index contributed by atoms with van der Waals surface area (Å²) in [5, 5.41) is 19.6. The standard InChI is InChI=1S/C17H18N4O4S/c18-10-14(17(22)21-12-15-2-1-9-25-15)11-20-8-7-13-3-5-16(6-4-13)26(19,23)24/h1-6,9,11,20H,7-8,12H2,(H,21,22)(H2,19,23,24)/b14-11-. The summed E-state index contributed by atoms with van der Waals surface area (Å²) >= 11 is 0. The minimum atomic E-state index is -3.70. The molecule has 0 fully saturated rings. The predicted molar refractivity (Wildman–Crippen MR) is 93.8 cm³/mol. The summed E-state index contributed by atoms with van der Waals surface area (Å²) < 4.78 is 27.5.